The first kappa shape index (κ1) is 15.0. The predicted molar refractivity (Wildman–Crippen MR) is 77.3 cm³/mol. The third-order valence-corrected chi connectivity index (χ3v) is 3.40. The molecular formula is C15H22ClNO. The SMILES string of the molecule is CCC(CC)N(CCCl)C(=O)c1cccc(C)c1. The Balaban J connectivity index is 2.95. The van der Waals surface area contributed by atoms with Crippen LogP contribution in [0.1, 0.15) is 42.6 Å². The molecule has 18 heavy (non-hydrogen) atoms. The number of carbonyl (C=O) groups excluding carboxylic acids is 1. The number of halogens is 1. The van der Waals surface area contributed by atoms with E-state index >= 15 is 0 Å². The van der Waals surface area contributed by atoms with Crippen LogP contribution < -0.4 is 0 Å². The minimum absolute atomic E-state index is 0.0908. The van der Waals surface area contributed by atoms with Gasteiger partial charge < -0.3 is 4.90 Å². The zero-order valence-electron chi connectivity index (χ0n) is 11.4. The van der Waals surface area contributed by atoms with Gasteiger partial charge in [0.05, 0.1) is 0 Å². The Bertz CT molecular complexity index is 388. The Morgan fingerprint density at radius 2 is 2.00 bits per heavy atom. The van der Waals surface area contributed by atoms with Crippen LogP contribution in [0.3, 0.4) is 0 Å². The lowest BCUT2D eigenvalue weighted by Crippen LogP contribution is -2.41. The van der Waals surface area contributed by atoms with Gasteiger partial charge in [-0.15, -0.1) is 11.6 Å². The van der Waals surface area contributed by atoms with E-state index in [0.29, 0.717) is 12.4 Å². The highest BCUT2D eigenvalue weighted by Crippen LogP contribution is 2.14. The minimum atomic E-state index is 0.0908. The number of aryl methyl sites for hydroxylation is 1. The second-order valence-electron chi connectivity index (χ2n) is 4.53. The summed E-state index contributed by atoms with van der Waals surface area (Å²) in [6, 6.07) is 8.01. The summed E-state index contributed by atoms with van der Waals surface area (Å²) in [5.74, 6) is 0.571. The molecule has 0 N–H and O–H groups in total. The van der Waals surface area contributed by atoms with Crippen LogP contribution in [0.5, 0.6) is 0 Å². The lowest BCUT2D eigenvalue weighted by atomic mass is 10.1. The summed E-state index contributed by atoms with van der Waals surface area (Å²) in [5.41, 5.74) is 1.86. The Morgan fingerprint density at radius 1 is 1.33 bits per heavy atom. The zero-order chi connectivity index (χ0) is 13.5. The molecule has 0 heterocycles. The first-order valence-corrected chi connectivity index (χ1v) is 7.11. The van der Waals surface area contributed by atoms with Crippen molar-refractivity contribution >= 4 is 17.5 Å². The van der Waals surface area contributed by atoms with E-state index in [9.17, 15) is 4.79 Å². The van der Waals surface area contributed by atoms with Crippen LogP contribution in [0.15, 0.2) is 24.3 Å². The monoisotopic (exact) mass is 267 g/mol. The minimum Gasteiger partial charge on any atom is -0.334 e. The molecule has 2 nitrogen and oxygen atoms in total. The van der Waals surface area contributed by atoms with Crippen molar-refractivity contribution in [1.29, 1.82) is 0 Å². The van der Waals surface area contributed by atoms with Crippen molar-refractivity contribution in [2.75, 3.05) is 12.4 Å². The van der Waals surface area contributed by atoms with E-state index in [4.69, 9.17) is 11.6 Å². The highest BCUT2D eigenvalue weighted by molar-refractivity contribution is 6.18. The highest BCUT2D eigenvalue weighted by atomic mass is 35.5. The van der Waals surface area contributed by atoms with Crippen LogP contribution in [0.2, 0.25) is 0 Å². The fraction of sp³-hybridized carbons (Fsp3) is 0.533. The normalized spacial score (nSPS) is 10.7. The summed E-state index contributed by atoms with van der Waals surface area (Å²) in [5, 5.41) is 0. The standard InChI is InChI=1S/C15H22ClNO/c1-4-14(5-2)17(10-9-16)15(18)13-8-6-7-12(3)11-13/h6-8,11,14H,4-5,9-10H2,1-3H3. The smallest absolute Gasteiger partial charge is 0.254 e. The van der Waals surface area contributed by atoms with Crippen molar-refractivity contribution < 1.29 is 4.79 Å². The third-order valence-electron chi connectivity index (χ3n) is 3.23. The Labute approximate surface area is 115 Å². The van der Waals surface area contributed by atoms with E-state index in [1.165, 1.54) is 0 Å². The van der Waals surface area contributed by atoms with Crippen molar-refractivity contribution in [1.82, 2.24) is 4.90 Å². The second kappa shape index (κ2) is 7.42. The maximum atomic E-state index is 12.5. The summed E-state index contributed by atoms with van der Waals surface area (Å²) in [6.07, 6.45) is 1.93. The van der Waals surface area contributed by atoms with Gasteiger partial charge in [0.15, 0.2) is 0 Å². The predicted octanol–water partition coefficient (Wildman–Crippen LogP) is 3.86. The number of rotatable bonds is 6. The molecule has 0 radical (unpaired) electrons. The maximum Gasteiger partial charge on any atom is 0.254 e. The quantitative estimate of drug-likeness (QED) is 0.717. The van der Waals surface area contributed by atoms with Crippen molar-refractivity contribution in [2.45, 2.75) is 39.7 Å². The topological polar surface area (TPSA) is 20.3 Å². The summed E-state index contributed by atoms with van der Waals surface area (Å²) < 4.78 is 0. The number of nitrogens with zero attached hydrogens (tertiary/aromatic N) is 1. The van der Waals surface area contributed by atoms with E-state index < -0.39 is 0 Å². The lowest BCUT2D eigenvalue weighted by molar-refractivity contribution is 0.0681. The van der Waals surface area contributed by atoms with E-state index in [-0.39, 0.29) is 11.9 Å². The average Bonchev–Trinajstić information content (AvgIpc) is 2.38. The molecule has 0 fully saturated rings. The van der Waals surface area contributed by atoms with Crippen molar-refractivity contribution in [2.24, 2.45) is 0 Å². The van der Waals surface area contributed by atoms with Crippen LogP contribution in [-0.2, 0) is 0 Å². The van der Waals surface area contributed by atoms with Crippen LogP contribution in [0, 0.1) is 6.92 Å². The summed E-state index contributed by atoms with van der Waals surface area (Å²) in [4.78, 5) is 14.4. The molecule has 3 heteroatoms. The molecule has 0 aromatic heterocycles. The van der Waals surface area contributed by atoms with Gasteiger partial charge in [-0.25, -0.2) is 0 Å². The molecule has 0 aliphatic heterocycles. The molecule has 0 aliphatic carbocycles. The van der Waals surface area contributed by atoms with Gasteiger partial charge in [0.2, 0.25) is 0 Å². The third kappa shape index (κ3) is 3.74. The molecule has 0 bridgehead atoms. The molecule has 0 unspecified atom stereocenters. The first-order valence-electron chi connectivity index (χ1n) is 6.57. The van der Waals surface area contributed by atoms with E-state index in [1.807, 2.05) is 36.1 Å². The largest absolute Gasteiger partial charge is 0.334 e. The fourth-order valence-corrected chi connectivity index (χ4v) is 2.40. The zero-order valence-corrected chi connectivity index (χ0v) is 12.2. The number of benzene rings is 1. The van der Waals surface area contributed by atoms with Gasteiger partial charge in [0.25, 0.3) is 5.91 Å². The van der Waals surface area contributed by atoms with Gasteiger partial charge >= 0.3 is 0 Å². The fourth-order valence-electron chi connectivity index (χ4n) is 2.21. The number of amides is 1. The Hall–Kier alpha value is -1.02. The summed E-state index contributed by atoms with van der Waals surface area (Å²) in [6.45, 7) is 6.83. The van der Waals surface area contributed by atoms with Gasteiger partial charge in [0, 0.05) is 24.0 Å². The molecule has 0 atom stereocenters. The molecule has 1 aromatic rings. The van der Waals surface area contributed by atoms with Crippen molar-refractivity contribution in [3.8, 4) is 0 Å². The van der Waals surface area contributed by atoms with Crippen LogP contribution >= 0.6 is 11.6 Å². The van der Waals surface area contributed by atoms with Crippen molar-refractivity contribution in [3.63, 3.8) is 0 Å². The van der Waals surface area contributed by atoms with E-state index in [1.54, 1.807) is 0 Å². The van der Waals surface area contributed by atoms with Gasteiger partial charge in [-0.2, -0.15) is 0 Å². The van der Waals surface area contributed by atoms with Crippen molar-refractivity contribution in [3.05, 3.63) is 35.4 Å². The first-order chi connectivity index (χ1) is 8.63. The van der Waals surface area contributed by atoms with Gasteiger partial charge in [-0.05, 0) is 31.9 Å². The van der Waals surface area contributed by atoms with Crippen LogP contribution in [-0.4, -0.2) is 29.3 Å². The number of alkyl halides is 1. The molecule has 0 saturated heterocycles. The molecule has 0 aliphatic rings. The molecule has 0 saturated carbocycles. The summed E-state index contributed by atoms with van der Waals surface area (Å²) in [7, 11) is 0. The maximum absolute atomic E-state index is 12.5. The van der Waals surface area contributed by atoms with Crippen LogP contribution in [0.4, 0.5) is 0 Å². The van der Waals surface area contributed by atoms with Gasteiger partial charge in [0.1, 0.15) is 0 Å². The second-order valence-corrected chi connectivity index (χ2v) is 4.91. The number of carbonyl (C=O) groups is 1. The molecule has 0 spiro atoms. The average molecular weight is 268 g/mol. The Kier molecular flexibility index (Phi) is 6.20. The van der Waals surface area contributed by atoms with Gasteiger partial charge in [-0.3, -0.25) is 4.79 Å². The summed E-state index contributed by atoms with van der Waals surface area (Å²) >= 11 is 5.82. The highest BCUT2D eigenvalue weighted by Gasteiger charge is 2.21. The van der Waals surface area contributed by atoms with E-state index in [0.717, 1.165) is 24.0 Å². The van der Waals surface area contributed by atoms with Gasteiger partial charge in [-0.1, -0.05) is 31.5 Å². The molecular weight excluding hydrogens is 246 g/mol. The number of hydrogen-bond donors (Lipinski definition) is 0. The lowest BCUT2D eigenvalue weighted by Gasteiger charge is -2.30. The molecule has 1 aromatic carbocycles. The molecule has 1 rings (SSSR count). The van der Waals surface area contributed by atoms with Crippen LogP contribution in [0.25, 0.3) is 0 Å². The van der Waals surface area contributed by atoms with E-state index in [2.05, 4.69) is 13.8 Å². The molecule has 100 valence electrons. The molecule has 1 amide bonds. The number of hydrogen-bond acceptors (Lipinski definition) is 1. The Morgan fingerprint density at radius 3 is 2.50 bits per heavy atom.